The first-order valence-electron chi connectivity index (χ1n) is 3.95. The summed E-state index contributed by atoms with van der Waals surface area (Å²) in [7, 11) is 0. The van der Waals surface area contributed by atoms with Crippen LogP contribution >= 0.6 is 11.8 Å². The third-order valence-corrected chi connectivity index (χ3v) is 2.40. The molecule has 0 aliphatic heterocycles. The second-order valence-electron chi connectivity index (χ2n) is 2.97. The van der Waals surface area contributed by atoms with E-state index in [4.69, 9.17) is 5.26 Å². The number of thioether (sulfide) groups is 1. The van der Waals surface area contributed by atoms with Crippen LogP contribution in [0.2, 0.25) is 0 Å². The summed E-state index contributed by atoms with van der Waals surface area (Å²) in [6, 6.07) is 3.84. The molecule has 13 heavy (non-hydrogen) atoms. The maximum Gasteiger partial charge on any atom is 0.133 e. The largest absolute Gasteiger partial charge is 0.507 e. The third-order valence-electron chi connectivity index (χ3n) is 1.82. The van der Waals surface area contributed by atoms with E-state index in [1.54, 1.807) is 0 Å². The Kier molecular flexibility index (Phi) is 3.21. The lowest BCUT2D eigenvalue weighted by molar-refractivity contribution is 0.466. The van der Waals surface area contributed by atoms with Gasteiger partial charge in [-0.15, -0.1) is 0 Å². The van der Waals surface area contributed by atoms with Crippen molar-refractivity contribution in [3.8, 4) is 11.2 Å². The fourth-order valence-corrected chi connectivity index (χ4v) is 1.71. The van der Waals surface area contributed by atoms with Crippen LogP contribution in [0.3, 0.4) is 0 Å². The summed E-state index contributed by atoms with van der Waals surface area (Å²) in [6.07, 6.45) is 0. The van der Waals surface area contributed by atoms with Crippen molar-refractivity contribution in [3.63, 3.8) is 0 Å². The summed E-state index contributed by atoms with van der Waals surface area (Å²) in [5.41, 5.74) is 2.82. The van der Waals surface area contributed by atoms with E-state index >= 15 is 0 Å². The smallest absolute Gasteiger partial charge is 0.133 e. The highest BCUT2D eigenvalue weighted by Gasteiger charge is 2.04. The normalized spacial score (nSPS) is 9.62. The number of aryl methyl sites for hydroxylation is 2. The van der Waals surface area contributed by atoms with Crippen LogP contribution in [0.4, 0.5) is 0 Å². The van der Waals surface area contributed by atoms with Gasteiger partial charge in [0.1, 0.15) is 11.2 Å². The van der Waals surface area contributed by atoms with Gasteiger partial charge in [0.05, 0.1) is 0 Å². The Morgan fingerprint density at radius 1 is 1.46 bits per heavy atom. The summed E-state index contributed by atoms with van der Waals surface area (Å²) in [4.78, 5) is 0. The van der Waals surface area contributed by atoms with Crippen molar-refractivity contribution in [2.24, 2.45) is 0 Å². The molecule has 1 N–H and O–H groups in total. The summed E-state index contributed by atoms with van der Waals surface area (Å²) in [6.45, 7) is 3.84. The zero-order valence-corrected chi connectivity index (χ0v) is 8.48. The first-order valence-corrected chi connectivity index (χ1v) is 4.93. The lowest BCUT2D eigenvalue weighted by atomic mass is 10.1. The van der Waals surface area contributed by atoms with Crippen LogP contribution in [-0.4, -0.2) is 5.11 Å². The predicted molar refractivity (Wildman–Crippen MR) is 54.5 cm³/mol. The molecule has 0 spiro atoms. The molecule has 1 rings (SSSR count). The zero-order chi connectivity index (χ0) is 9.84. The van der Waals surface area contributed by atoms with Gasteiger partial charge in [-0.25, -0.2) is 0 Å². The summed E-state index contributed by atoms with van der Waals surface area (Å²) < 4.78 is 0. The molecule has 68 valence electrons. The second kappa shape index (κ2) is 4.20. The van der Waals surface area contributed by atoms with E-state index in [0.29, 0.717) is 11.5 Å². The Balaban J connectivity index is 3.00. The Hall–Kier alpha value is -1.14. The molecule has 0 aliphatic rings. The topological polar surface area (TPSA) is 44.0 Å². The number of nitrogens with zero attached hydrogens (tertiary/aromatic N) is 1. The van der Waals surface area contributed by atoms with Crippen LogP contribution in [-0.2, 0) is 5.75 Å². The highest BCUT2D eigenvalue weighted by molar-refractivity contribution is 8.02. The van der Waals surface area contributed by atoms with Crippen LogP contribution in [0.1, 0.15) is 16.7 Å². The van der Waals surface area contributed by atoms with E-state index in [9.17, 15) is 5.11 Å². The summed E-state index contributed by atoms with van der Waals surface area (Å²) in [5, 5.41) is 20.0. The molecule has 0 saturated heterocycles. The number of thiocyanates is 1. The number of phenols is 1. The molecule has 0 fully saturated rings. The molecule has 0 atom stereocenters. The van der Waals surface area contributed by atoms with Gasteiger partial charge in [-0.2, -0.15) is 5.26 Å². The van der Waals surface area contributed by atoms with E-state index in [0.717, 1.165) is 28.5 Å². The van der Waals surface area contributed by atoms with E-state index in [2.05, 4.69) is 0 Å². The molecule has 0 unspecified atom stereocenters. The monoisotopic (exact) mass is 193 g/mol. The van der Waals surface area contributed by atoms with E-state index in [-0.39, 0.29) is 0 Å². The SMILES string of the molecule is Cc1cc(C)c(O)c(CSC#N)c1. The highest BCUT2D eigenvalue weighted by Crippen LogP contribution is 2.26. The van der Waals surface area contributed by atoms with Crippen molar-refractivity contribution in [1.82, 2.24) is 0 Å². The van der Waals surface area contributed by atoms with Crippen molar-refractivity contribution >= 4 is 11.8 Å². The van der Waals surface area contributed by atoms with Crippen molar-refractivity contribution in [3.05, 3.63) is 28.8 Å². The lowest BCUT2D eigenvalue weighted by Gasteiger charge is -2.06. The second-order valence-corrected chi connectivity index (χ2v) is 3.73. The molecular formula is C10H11NOS. The van der Waals surface area contributed by atoms with E-state index in [1.807, 2.05) is 31.4 Å². The zero-order valence-electron chi connectivity index (χ0n) is 7.66. The number of benzene rings is 1. The number of hydrogen-bond donors (Lipinski definition) is 1. The highest BCUT2D eigenvalue weighted by atomic mass is 32.2. The van der Waals surface area contributed by atoms with Crippen LogP contribution in [0.5, 0.6) is 5.75 Å². The van der Waals surface area contributed by atoms with Crippen LogP contribution in [0.25, 0.3) is 0 Å². The predicted octanol–water partition coefficient (Wildman–Crippen LogP) is 2.72. The number of rotatable bonds is 2. The van der Waals surface area contributed by atoms with Crippen molar-refractivity contribution in [2.75, 3.05) is 0 Å². The molecule has 3 heteroatoms. The first-order chi connectivity index (χ1) is 6.15. The van der Waals surface area contributed by atoms with Gasteiger partial charge in [0.25, 0.3) is 0 Å². The molecule has 0 amide bonds. The van der Waals surface area contributed by atoms with E-state index in [1.165, 1.54) is 0 Å². The molecule has 0 saturated carbocycles. The quantitative estimate of drug-likeness (QED) is 0.734. The molecule has 0 heterocycles. The minimum absolute atomic E-state index is 0.313. The summed E-state index contributed by atoms with van der Waals surface area (Å²) >= 11 is 1.14. The average Bonchev–Trinajstić information content (AvgIpc) is 2.09. The van der Waals surface area contributed by atoms with Crippen LogP contribution in [0.15, 0.2) is 12.1 Å². The average molecular weight is 193 g/mol. The van der Waals surface area contributed by atoms with Gasteiger partial charge in [-0.05, 0) is 31.2 Å². The van der Waals surface area contributed by atoms with Gasteiger partial charge < -0.3 is 5.11 Å². The van der Waals surface area contributed by atoms with Crippen LogP contribution in [0, 0.1) is 24.5 Å². The fraction of sp³-hybridized carbons (Fsp3) is 0.300. The maximum atomic E-state index is 9.63. The standard InChI is InChI=1S/C10H11NOS/c1-7-3-8(2)10(12)9(4-7)5-13-6-11/h3-4,12H,5H2,1-2H3. The van der Waals surface area contributed by atoms with Gasteiger partial charge in [0, 0.05) is 11.3 Å². The Bertz CT molecular complexity index is 355. The Labute approximate surface area is 82.2 Å². The molecule has 0 bridgehead atoms. The summed E-state index contributed by atoms with van der Waals surface area (Å²) in [5.74, 6) is 0.860. The third kappa shape index (κ3) is 2.40. The van der Waals surface area contributed by atoms with Gasteiger partial charge >= 0.3 is 0 Å². The number of nitriles is 1. The van der Waals surface area contributed by atoms with Crippen molar-refractivity contribution in [1.29, 1.82) is 5.26 Å². The van der Waals surface area contributed by atoms with Gasteiger partial charge in [0.2, 0.25) is 0 Å². The fourth-order valence-electron chi connectivity index (χ4n) is 1.27. The maximum absolute atomic E-state index is 9.63. The lowest BCUT2D eigenvalue weighted by Crippen LogP contribution is -1.86. The molecule has 1 aromatic rings. The minimum atomic E-state index is 0.313. The van der Waals surface area contributed by atoms with Crippen LogP contribution < -0.4 is 0 Å². The number of hydrogen-bond acceptors (Lipinski definition) is 3. The molecule has 2 nitrogen and oxygen atoms in total. The van der Waals surface area contributed by atoms with Gasteiger partial charge in [-0.1, -0.05) is 17.7 Å². The van der Waals surface area contributed by atoms with Gasteiger partial charge in [-0.3, -0.25) is 0 Å². The van der Waals surface area contributed by atoms with Crippen molar-refractivity contribution < 1.29 is 5.11 Å². The van der Waals surface area contributed by atoms with Gasteiger partial charge in [0.15, 0.2) is 0 Å². The number of phenolic OH excluding ortho intramolecular Hbond substituents is 1. The molecule has 1 aromatic carbocycles. The first kappa shape index (κ1) is 9.94. The molecule has 0 aromatic heterocycles. The molecule has 0 radical (unpaired) electrons. The molecule has 0 aliphatic carbocycles. The molecular weight excluding hydrogens is 182 g/mol. The minimum Gasteiger partial charge on any atom is -0.507 e. The van der Waals surface area contributed by atoms with Crippen molar-refractivity contribution in [2.45, 2.75) is 19.6 Å². The Morgan fingerprint density at radius 3 is 2.77 bits per heavy atom. The van der Waals surface area contributed by atoms with E-state index < -0.39 is 0 Å². The number of aromatic hydroxyl groups is 1. The Morgan fingerprint density at radius 2 is 2.15 bits per heavy atom.